The third-order valence-corrected chi connectivity index (χ3v) is 5.18. The van der Waals surface area contributed by atoms with Crippen LogP contribution in [-0.2, 0) is 0 Å². The summed E-state index contributed by atoms with van der Waals surface area (Å²) in [6.07, 6.45) is 1.09. The molecule has 2 nitrogen and oxygen atoms in total. The zero-order valence-corrected chi connectivity index (χ0v) is 11.9. The van der Waals surface area contributed by atoms with E-state index in [2.05, 4.69) is 46.9 Å². The Labute approximate surface area is 101 Å². The first-order valence-electron chi connectivity index (χ1n) is 6.67. The van der Waals surface area contributed by atoms with E-state index in [1.165, 1.54) is 0 Å². The van der Waals surface area contributed by atoms with Gasteiger partial charge in [0.2, 0.25) is 0 Å². The maximum absolute atomic E-state index is 6.02. The van der Waals surface area contributed by atoms with Crippen LogP contribution in [0.15, 0.2) is 0 Å². The number of hydrogen-bond acceptors (Lipinski definition) is 2. The molecule has 0 heterocycles. The van der Waals surface area contributed by atoms with Crippen LogP contribution in [0.3, 0.4) is 0 Å². The van der Waals surface area contributed by atoms with Crippen molar-refractivity contribution in [3.8, 4) is 0 Å². The second-order valence-electron chi connectivity index (χ2n) is 6.90. The molecule has 16 heavy (non-hydrogen) atoms. The van der Waals surface area contributed by atoms with Crippen molar-refractivity contribution in [2.24, 2.45) is 28.4 Å². The highest BCUT2D eigenvalue weighted by atomic mass is 14.9. The summed E-state index contributed by atoms with van der Waals surface area (Å²) < 4.78 is 0. The molecule has 1 aliphatic carbocycles. The fraction of sp³-hybridized carbons (Fsp3) is 1.00. The van der Waals surface area contributed by atoms with Crippen molar-refractivity contribution in [1.29, 1.82) is 0 Å². The predicted molar refractivity (Wildman–Crippen MR) is 71.4 cm³/mol. The van der Waals surface area contributed by atoms with Gasteiger partial charge in [0.1, 0.15) is 0 Å². The second kappa shape index (κ2) is 4.66. The molecule has 0 bridgehead atoms. The maximum Gasteiger partial charge on any atom is 0.00739 e. The molecule has 0 radical (unpaired) electrons. The van der Waals surface area contributed by atoms with Crippen LogP contribution in [0, 0.1) is 22.7 Å². The van der Waals surface area contributed by atoms with Crippen LogP contribution >= 0.6 is 0 Å². The molecule has 96 valence electrons. The molecule has 2 heteroatoms. The molecular weight excluding hydrogens is 196 g/mol. The summed E-state index contributed by atoms with van der Waals surface area (Å²) in [4.78, 5) is 0. The van der Waals surface area contributed by atoms with Crippen LogP contribution < -0.4 is 11.1 Å². The van der Waals surface area contributed by atoms with Crippen LogP contribution in [0.2, 0.25) is 0 Å². The van der Waals surface area contributed by atoms with Crippen LogP contribution in [0.4, 0.5) is 0 Å². The number of rotatable bonds is 6. The van der Waals surface area contributed by atoms with Crippen LogP contribution in [0.25, 0.3) is 0 Å². The average Bonchev–Trinajstić information content (AvgIpc) is 2.53. The third kappa shape index (κ3) is 2.60. The highest BCUT2D eigenvalue weighted by Crippen LogP contribution is 2.67. The molecule has 0 amide bonds. The van der Waals surface area contributed by atoms with Crippen molar-refractivity contribution < 1.29 is 0 Å². The summed E-state index contributed by atoms with van der Waals surface area (Å²) >= 11 is 0. The highest BCUT2D eigenvalue weighted by Gasteiger charge is 2.63. The van der Waals surface area contributed by atoms with Gasteiger partial charge < -0.3 is 11.1 Å². The normalized spacial score (nSPS) is 24.8. The zero-order chi connectivity index (χ0) is 12.6. The standard InChI is InChI=1S/C14H30N2/c1-10(2)11(15)7-8-16-9-12-13(3,4)14(12,5)6/h10-12,16H,7-9,15H2,1-6H3. The van der Waals surface area contributed by atoms with E-state index in [0.717, 1.165) is 25.4 Å². The van der Waals surface area contributed by atoms with Crippen molar-refractivity contribution in [2.75, 3.05) is 13.1 Å². The lowest BCUT2D eigenvalue weighted by atomic mass is 10.0. The lowest BCUT2D eigenvalue weighted by Gasteiger charge is -2.15. The van der Waals surface area contributed by atoms with Gasteiger partial charge in [-0.3, -0.25) is 0 Å². The Bertz CT molecular complexity index is 217. The first-order valence-corrected chi connectivity index (χ1v) is 6.67. The first kappa shape index (κ1) is 14.0. The lowest BCUT2D eigenvalue weighted by molar-refractivity contribution is 0.438. The van der Waals surface area contributed by atoms with Crippen LogP contribution in [-0.4, -0.2) is 19.1 Å². The molecule has 1 rings (SSSR count). The predicted octanol–water partition coefficient (Wildman–Crippen LogP) is 2.63. The smallest absolute Gasteiger partial charge is 0.00739 e. The zero-order valence-electron chi connectivity index (χ0n) is 11.9. The van der Waals surface area contributed by atoms with E-state index in [4.69, 9.17) is 5.73 Å². The van der Waals surface area contributed by atoms with Gasteiger partial charge in [0, 0.05) is 6.04 Å². The summed E-state index contributed by atoms with van der Waals surface area (Å²) in [6.45, 7) is 16.1. The fourth-order valence-corrected chi connectivity index (χ4v) is 2.69. The third-order valence-electron chi connectivity index (χ3n) is 5.18. The molecule has 0 aliphatic heterocycles. The van der Waals surface area contributed by atoms with E-state index in [9.17, 15) is 0 Å². The molecule has 1 atom stereocenters. The molecule has 0 saturated heterocycles. The Morgan fingerprint density at radius 2 is 1.62 bits per heavy atom. The van der Waals surface area contributed by atoms with Gasteiger partial charge >= 0.3 is 0 Å². The summed E-state index contributed by atoms with van der Waals surface area (Å²) in [5.41, 5.74) is 7.02. The Hall–Kier alpha value is -0.0800. The molecule has 0 aromatic rings. The van der Waals surface area contributed by atoms with Gasteiger partial charge in [0.25, 0.3) is 0 Å². The van der Waals surface area contributed by atoms with E-state index in [-0.39, 0.29) is 0 Å². The van der Waals surface area contributed by atoms with Gasteiger partial charge in [-0.15, -0.1) is 0 Å². The van der Waals surface area contributed by atoms with Crippen molar-refractivity contribution in [3.05, 3.63) is 0 Å². The van der Waals surface area contributed by atoms with E-state index in [1.807, 2.05) is 0 Å². The largest absolute Gasteiger partial charge is 0.327 e. The summed E-state index contributed by atoms with van der Waals surface area (Å²) in [5, 5.41) is 3.56. The summed E-state index contributed by atoms with van der Waals surface area (Å²) in [5.74, 6) is 1.41. The van der Waals surface area contributed by atoms with Crippen molar-refractivity contribution in [3.63, 3.8) is 0 Å². The van der Waals surface area contributed by atoms with Crippen molar-refractivity contribution >= 4 is 0 Å². The molecule has 0 spiro atoms. The van der Waals surface area contributed by atoms with Crippen molar-refractivity contribution in [1.82, 2.24) is 5.32 Å². The average molecular weight is 226 g/mol. The Balaban J connectivity index is 2.15. The molecule has 1 unspecified atom stereocenters. The number of nitrogens with one attached hydrogen (secondary N) is 1. The minimum absolute atomic E-state index is 0.340. The maximum atomic E-state index is 6.02. The Morgan fingerprint density at radius 3 is 2.00 bits per heavy atom. The number of nitrogens with two attached hydrogens (primary N) is 1. The molecule has 0 aromatic carbocycles. The minimum Gasteiger partial charge on any atom is -0.327 e. The molecule has 1 fully saturated rings. The van der Waals surface area contributed by atoms with E-state index in [0.29, 0.717) is 22.8 Å². The lowest BCUT2D eigenvalue weighted by Crippen LogP contribution is -2.31. The van der Waals surface area contributed by atoms with Gasteiger partial charge in [0.05, 0.1) is 0 Å². The van der Waals surface area contributed by atoms with Gasteiger partial charge in [-0.2, -0.15) is 0 Å². The van der Waals surface area contributed by atoms with E-state index < -0.39 is 0 Å². The Morgan fingerprint density at radius 1 is 1.12 bits per heavy atom. The topological polar surface area (TPSA) is 38.0 Å². The van der Waals surface area contributed by atoms with Crippen LogP contribution in [0.1, 0.15) is 48.0 Å². The monoisotopic (exact) mass is 226 g/mol. The van der Waals surface area contributed by atoms with Gasteiger partial charge in [0.15, 0.2) is 0 Å². The van der Waals surface area contributed by atoms with Crippen LogP contribution in [0.5, 0.6) is 0 Å². The Kier molecular flexibility index (Phi) is 4.07. The second-order valence-corrected chi connectivity index (χ2v) is 6.90. The van der Waals surface area contributed by atoms with E-state index in [1.54, 1.807) is 0 Å². The van der Waals surface area contributed by atoms with Gasteiger partial charge in [-0.1, -0.05) is 41.5 Å². The first-order chi connectivity index (χ1) is 7.21. The molecular formula is C14H30N2. The van der Waals surface area contributed by atoms with Gasteiger partial charge in [-0.05, 0) is 42.2 Å². The summed E-state index contributed by atoms with van der Waals surface area (Å²) in [6, 6.07) is 0.340. The fourth-order valence-electron chi connectivity index (χ4n) is 2.69. The minimum atomic E-state index is 0.340. The number of hydrogen-bond donors (Lipinski definition) is 2. The highest BCUT2D eigenvalue weighted by molar-refractivity contribution is 5.12. The SMILES string of the molecule is CC(C)C(N)CCNCC1C(C)(C)C1(C)C. The van der Waals surface area contributed by atoms with E-state index >= 15 is 0 Å². The molecule has 0 aromatic heterocycles. The molecule has 1 saturated carbocycles. The summed E-state index contributed by atoms with van der Waals surface area (Å²) in [7, 11) is 0. The van der Waals surface area contributed by atoms with Crippen molar-refractivity contribution in [2.45, 2.75) is 54.0 Å². The quantitative estimate of drug-likeness (QED) is 0.683. The van der Waals surface area contributed by atoms with Gasteiger partial charge in [-0.25, -0.2) is 0 Å². The molecule has 1 aliphatic rings. The molecule has 3 N–H and O–H groups in total.